The number of anilines is 1. The second-order valence-corrected chi connectivity index (χ2v) is 6.32. The first-order valence-electron chi connectivity index (χ1n) is 7.17. The van der Waals surface area contributed by atoms with Gasteiger partial charge in [-0.2, -0.15) is 0 Å². The fourth-order valence-electron chi connectivity index (χ4n) is 2.02. The molecule has 0 N–H and O–H groups in total. The minimum Gasteiger partial charge on any atom is -0.411 e. The van der Waals surface area contributed by atoms with Gasteiger partial charge in [0.05, 0.1) is 5.75 Å². The van der Waals surface area contributed by atoms with Crippen LogP contribution in [0.4, 0.5) is 5.69 Å². The lowest BCUT2D eigenvalue weighted by Gasteiger charge is -2.16. The molecule has 0 bridgehead atoms. The predicted octanol–water partition coefficient (Wildman–Crippen LogP) is 4.15. The van der Waals surface area contributed by atoms with Crippen molar-refractivity contribution < 1.29 is 9.21 Å². The van der Waals surface area contributed by atoms with Gasteiger partial charge in [0.2, 0.25) is 11.8 Å². The molecule has 3 rings (SSSR count). The molecular formula is C17H14ClN3O2S. The van der Waals surface area contributed by atoms with Gasteiger partial charge < -0.3 is 9.32 Å². The van der Waals surface area contributed by atoms with E-state index in [2.05, 4.69) is 10.2 Å². The van der Waals surface area contributed by atoms with Gasteiger partial charge in [-0.3, -0.25) is 4.79 Å². The zero-order chi connectivity index (χ0) is 16.9. The number of halogens is 1. The first-order valence-corrected chi connectivity index (χ1v) is 8.53. The number of carbonyl (C=O) groups is 1. The van der Waals surface area contributed by atoms with Crippen molar-refractivity contribution in [1.29, 1.82) is 0 Å². The predicted molar refractivity (Wildman–Crippen MR) is 95.3 cm³/mol. The van der Waals surface area contributed by atoms with Crippen LogP contribution in [0.5, 0.6) is 0 Å². The van der Waals surface area contributed by atoms with Crippen molar-refractivity contribution in [3.8, 4) is 11.5 Å². The van der Waals surface area contributed by atoms with Crippen LogP contribution in [0.1, 0.15) is 0 Å². The molecule has 1 amide bonds. The minimum absolute atomic E-state index is 0.0475. The number of hydrogen-bond acceptors (Lipinski definition) is 5. The summed E-state index contributed by atoms with van der Waals surface area (Å²) in [5.41, 5.74) is 1.59. The maximum Gasteiger partial charge on any atom is 0.277 e. The molecule has 24 heavy (non-hydrogen) atoms. The highest BCUT2D eigenvalue weighted by Gasteiger charge is 2.14. The number of para-hydroxylation sites is 1. The Hall–Kier alpha value is -2.31. The van der Waals surface area contributed by atoms with Gasteiger partial charge in [0.25, 0.3) is 5.22 Å². The van der Waals surface area contributed by atoms with Crippen LogP contribution in [0, 0.1) is 0 Å². The lowest BCUT2D eigenvalue weighted by Crippen LogP contribution is -2.27. The highest BCUT2D eigenvalue weighted by molar-refractivity contribution is 7.99. The summed E-state index contributed by atoms with van der Waals surface area (Å²) < 4.78 is 5.57. The zero-order valence-electron chi connectivity index (χ0n) is 12.8. The number of rotatable bonds is 5. The Bertz CT molecular complexity index is 839. The van der Waals surface area contributed by atoms with Crippen LogP contribution >= 0.6 is 23.4 Å². The first-order chi connectivity index (χ1) is 11.6. The molecule has 0 unspecified atom stereocenters. The molecule has 0 aliphatic rings. The average Bonchev–Trinajstić information content (AvgIpc) is 3.09. The number of thioether (sulfide) groups is 1. The molecule has 0 fully saturated rings. The van der Waals surface area contributed by atoms with Gasteiger partial charge in [-0.25, -0.2) is 0 Å². The van der Waals surface area contributed by atoms with E-state index < -0.39 is 0 Å². The topological polar surface area (TPSA) is 59.2 Å². The molecular weight excluding hydrogens is 346 g/mol. The average molecular weight is 360 g/mol. The third-order valence-corrected chi connectivity index (χ3v) is 4.35. The SMILES string of the molecule is CN(C(=O)CSc1nnc(-c2cccc(Cl)c2)o1)c1ccccc1. The molecule has 0 aliphatic heterocycles. The second-order valence-electron chi connectivity index (χ2n) is 4.96. The van der Waals surface area contributed by atoms with Crippen molar-refractivity contribution >= 4 is 35.0 Å². The van der Waals surface area contributed by atoms with Gasteiger partial charge in [0, 0.05) is 23.3 Å². The highest BCUT2D eigenvalue weighted by Crippen LogP contribution is 2.25. The third-order valence-electron chi connectivity index (χ3n) is 3.31. The molecule has 0 aliphatic carbocycles. The van der Waals surface area contributed by atoms with Crippen molar-refractivity contribution in [2.75, 3.05) is 17.7 Å². The summed E-state index contributed by atoms with van der Waals surface area (Å²) in [4.78, 5) is 13.8. The maximum atomic E-state index is 12.2. The summed E-state index contributed by atoms with van der Waals surface area (Å²) in [5.74, 6) is 0.542. The number of carbonyl (C=O) groups excluding carboxylic acids is 1. The Morgan fingerprint density at radius 1 is 1.17 bits per heavy atom. The third kappa shape index (κ3) is 3.96. The molecule has 0 atom stereocenters. The van der Waals surface area contributed by atoms with E-state index in [1.165, 1.54) is 11.8 Å². The number of hydrogen-bond donors (Lipinski definition) is 0. The molecule has 0 saturated carbocycles. The van der Waals surface area contributed by atoms with Gasteiger partial charge in [-0.15, -0.1) is 10.2 Å². The van der Waals surface area contributed by atoms with Crippen LogP contribution < -0.4 is 4.90 Å². The number of aromatic nitrogens is 2. The molecule has 7 heteroatoms. The molecule has 0 spiro atoms. The van der Waals surface area contributed by atoms with Crippen LogP contribution in [-0.4, -0.2) is 28.9 Å². The van der Waals surface area contributed by atoms with Crippen LogP contribution in [0.2, 0.25) is 5.02 Å². The molecule has 5 nitrogen and oxygen atoms in total. The van der Waals surface area contributed by atoms with Crippen molar-refractivity contribution in [3.05, 3.63) is 59.6 Å². The molecule has 0 saturated heterocycles. The van der Waals surface area contributed by atoms with Crippen LogP contribution in [0.15, 0.2) is 64.2 Å². The molecule has 0 radical (unpaired) electrons. The van der Waals surface area contributed by atoms with E-state index in [1.807, 2.05) is 42.5 Å². The van der Waals surface area contributed by atoms with Crippen molar-refractivity contribution in [2.24, 2.45) is 0 Å². The molecule has 3 aromatic rings. The number of nitrogens with zero attached hydrogens (tertiary/aromatic N) is 3. The lowest BCUT2D eigenvalue weighted by atomic mass is 10.2. The fraction of sp³-hybridized carbons (Fsp3) is 0.118. The summed E-state index contributed by atoms with van der Waals surface area (Å²) in [5, 5.41) is 8.89. The van der Waals surface area contributed by atoms with Gasteiger partial charge in [-0.05, 0) is 30.3 Å². The Morgan fingerprint density at radius 3 is 2.71 bits per heavy atom. The monoisotopic (exact) mass is 359 g/mol. The molecule has 122 valence electrons. The van der Waals surface area contributed by atoms with Gasteiger partial charge in [0.1, 0.15) is 0 Å². The maximum absolute atomic E-state index is 12.2. The van der Waals surface area contributed by atoms with E-state index >= 15 is 0 Å². The first kappa shape index (κ1) is 16.5. The molecule has 1 aromatic heterocycles. The normalized spacial score (nSPS) is 10.6. The van der Waals surface area contributed by atoms with Crippen molar-refractivity contribution in [3.63, 3.8) is 0 Å². The van der Waals surface area contributed by atoms with Gasteiger partial charge in [0.15, 0.2) is 0 Å². The Kier molecular flexibility index (Phi) is 5.17. The minimum atomic E-state index is -0.0475. The van der Waals surface area contributed by atoms with Gasteiger partial charge >= 0.3 is 0 Å². The lowest BCUT2D eigenvalue weighted by molar-refractivity contribution is -0.115. The smallest absolute Gasteiger partial charge is 0.277 e. The van der Waals surface area contributed by atoms with Crippen LogP contribution in [0.3, 0.4) is 0 Å². The quantitative estimate of drug-likeness (QED) is 0.640. The highest BCUT2D eigenvalue weighted by atomic mass is 35.5. The van der Waals surface area contributed by atoms with E-state index in [-0.39, 0.29) is 11.7 Å². The van der Waals surface area contributed by atoms with Crippen molar-refractivity contribution in [2.45, 2.75) is 5.22 Å². The Balaban J connectivity index is 1.62. The summed E-state index contributed by atoms with van der Waals surface area (Å²) in [6.45, 7) is 0. The Morgan fingerprint density at radius 2 is 1.96 bits per heavy atom. The number of amides is 1. The van der Waals surface area contributed by atoms with Crippen LogP contribution in [-0.2, 0) is 4.79 Å². The summed E-state index contributed by atoms with van der Waals surface area (Å²) >= 11 is 7.16. The standard InChI is InChI=1S/C17H14ClN3O2S/c1-21(14-8-3-2-4-9-14)15(22)11-24-17-20-19-16(23-17)12-6-5-7-13(18)10-12/h2-10H,11H2,1H3. The van der Waals surface area contributed by atoms with E-state index in [9.17, 15) is 4.79 Å². The van der Waals surface area contributed by atoms with E-state index in [4.69, 9.17) is 16.0 Å². The van der Waals surface area contributed by atoms with Crippen LogP contribution in [0.25, 0.3) is 11.5 Å². The van der Waals surface area contributed by atoms with Gasteiger partial charge in [-0.1, -0.05) is 47.6 Å². The summed E-state index contributed by atoms with van der Waals surface area (Å²) in [6.07, 6.45) is 0. The number of benzene rings is 2. The zero-order valence-corrected chi connectivity index (χ0v) is 14.4. The molecule has 1 heterocycles. The summed E-state index contributed by atoms with van der Waals surface area (Å²) in [7, 11) is 1.74. The second kappa shape index (κ2) is 7.51. The van der Waals surface area contributed by atoms with E-state index in [0.717, 1.165) is 11.3 Å². The van der Waals surface area contributed by atoms with E-state index in [1.54, 1.807) is 24.1 Å². The van der Waals surface area contributed by atoms with E-state index in [0.29, 0.717) is 16.1 Å². The summed E-state index contributed by atoms with van der Waals surface area (Å²) in [6, 6.07) is 16.6. The fourth-order valence-corrected chi connectivity index (χ4v) is 2.89. The molecule has 2 aromatic carbocycles. The Labute approximate surface area is 148 Å². The largest absolute Gasteiger partial charge is 0.411 e. The van der Waals surface area contributed by atoms with Crippen molar-refractivity contribution in [1.82, 2.24) is 10.2 Å².